The summed E-state index contributed by atoms with van der Waals surface area (Å²) in [4.78, 5) is 15.0. The minimum atomic E-state index is 0.104. The number of amides is 1. The number of carbonyl (C=O) groups is 1. The molecule has 0 unspecified atom stereocenters. The monoisotopic (exact) mass is 239 g/mol. The normalized spacial score (nSPS) is 25.8. The van der Waals surface area contributed by atoms with E-state index >= 15 is 0 Å². The van der Waals surface area contributed by atoms with E-state index in [1.54, 1.807) is 0 Å². The topological polar surface area (TPSA) is 46.1 Å². The number of nitrogens with zero attached hydrogens (tertiary/aromatic N) is 3. The van der Waals surface area contributed by atoms with Crippen LogP contribution in [0, 0.1) is 6.92 Å². The van der Waals surface area contributed by atoms with Crippen molar-refractivity contribution >= 4 is 17.4 Å². The van der Waals surface area contributed by atoms with E-state index in [4.69, 9.17) is 0 Å². The molecule has 0 aromatic carbocycles. The first-order chi connectivity index (χ1) is 7.61. The third-order valence-corrected chi connectivity index (χ3v) is 4.09. The van der Waals surface area contributed by atoms with Gasteiger partial charge < -0.3 is 4.90 Å². The summed E-state index contributed by atoms with van der Waals surface area (Å²) in [6.07, 6.45) is 3.41. The largest absolute Gasteiger partial charge is 0.332 e. The molecule has 1 saturated heterocycles. The third-order valence-electron chi connectivity index (χ3n) is 3.27. The van der Waals surface area contributed by atoms with Crippen LogP contribution >= 0.6 is 11.5 Å². The molecule has 1 amide bonds. The zero-order chi connectivity index (χ0) is 11.7. The Labute approximate surface area is 99.8 Å². The van der Waals surface area contributed by atoms with Crippen LogP contribution in [0.1, 0.15) is 48.5 Å². The predicted octanol–water partition coefficient (Wildman–Crippen LogP) is 2.25. The second kappa shape index (κ2) is 4.49. The number of hydrogen-bond donors (Lipinski definition) is 0. The van der Waals surface area contributed by atoms with Gasteiger partial charge in [0.2, 0.25) is 0 Å². The van der Waals surface area contributed by atoms with E-state index in [1.807, 2.05) is 11.8 Å². The molecule has 4 nitrogen and oxygen atoms in total. The molecular formula is C11H17N3OS. The average Bonchev–Trinajstić information content (AvgIpc) is 2.64. The van der Waals surface area contributed by atoms with Gasteiger partial charge in [0, 0.05) is 12.1 Å². The van der Waals surface area contributed by atoms with Crippen LogP contribution in [0.3, 0.4) is 0 Å². The minimum absolute atomic E-state index is 0.104. The molecule has 16 heavy (non-hydrogen) atoms. The van der Waals surface area contributed by atoms with Gasteiger partial charge in [-0.05, 0) is 51.6 Å². The Morgan fingerprint density at radius 1 is 1.38 bits per heavy atom. The maximum Gasteiger partial charge on any atom is 0.267 e. The molecule has 0 radical (unpaired) electrons. The molecule has 0 saturated carbocycles. The van der Waals surface area contributed by atoms with Crippen LogP contribution in [0.15, 0.2) is 0 Å². The number of rotatable bonds is 1. The Bertz CT molecular complexity index is 380. The van der Waals surface area contributed by atoms with Crippen molar-refractivity contribution in [2.45, 2.75) is 52.1 Å². The molecule has 0 aliphatic carbocycles. The Balaban J connectivity index is 2.23. The molecular weight excluding hydrogens is 222 g/mol. The molecule has 2 atom stereocenters. The molecule has 2 rings (SSSR count). The van der Waals surface area contributed by atoms with Gasteiger partial charge in [-0.25, -0.2) is 0 Å². The first-order valence-electron chi connectivity index (χ1n) is 5.73. The number of hydrogen-bond acceptors (Lipinski definition) is 4. The van der Waals surface area contributed by atoms with E-state index in [1.165, 1.54) is 18.0 Å². The highest BCUT2D eigenvalue weighted by atomic mass is 32.1. The van der Waals surface area contributed by atoms with Crippen LogP contribution in [0.25, 0.3) is 0 Å². The second-order valence-electron chi connectivity index (χ2n) is 4.53. The van der Waals surface area contributed by atoms with Gasteiger partial charge in [-0.2, -0.15) is 0 Å². The summed E-state index contributed by atoms with van der Waals surface area (Å²) in [7, 11) is 0. The van der Waals surface area contributed by atoms with Gasteiger partial charge in [0.05, 0.1) is 5.69 Å². The van der Waals surface area contributed by atoms with Gasteiger partial charge in [0.1, 0.15) is 4.88 Å². The maximum absolute atomic E-state index is 12.4. The van der Waals surface area contributed by atoms with Crippen LogP contribution in [0.4, 0.5) is 0 Å². The van der Waals surface area contributed by atoms with E-state index in [2.05, 4.69) is 23.4 Å². The van der Waals surface area contributed by atoms with Crippen molar-refractivity contribution < 1.29 is 4.79 Å². The quantitative estimate of drug-likeness (QED) is 0.755. The SMILES string of the molecule is Cc1nnsc1C(=O)N1[C@H](C)CCC[C@H]1C. The molecule has 1 aromatic heterocycles. The van der Waals surface area contributed by atoms with Crippen LogP contribution < -0.4 is 0 Å². The summed E-state index contributed by atoms with van der Waals surface area (Å²) in [6.45, 7) is 6.09. The smallest absolute Gasteiger partial charge is 0.267 e. The van der Waals surface area contributed by atoms with Crippen molar-refractivity contribution in [1.82, 2.24) is 14.5 Å². The Hall–Kier alpha value is -0.970. The first kappa shape index (κ1) is 11.5. The van der Waals surface area contributed by atoms with Crippen molar-refractivity contribution in [3.05, 3.63) is 10.6 Å². The lowest BCUT2D eigenvalue weighted by Gasteiger charge is -2.38. The summed E-state index contributed by atoms with van der Waals surface area (Å²) < 4.78 is 3.83. The number of piperidine rings is 1. The lowest BCUT2D eigenvalue weighted by Crippen LogP contribution is -2.47. The van der Waals surface area contributed by atoms with E-state index in [0.29, 0.717) is 17.0 Å². The van der Waals surface area contributed by atoms with Crippen LogP contribution in [0.2, 0.25) is 0 Å². The third kappa shape index (κ3) is 1.96. The molecule has 1 aliphatic rings. The van der Waals surface area contributed by atoms with E-state index < -0.39 is 0 Å². The summed E-state index contributed by atoms with van der Waals surface area (Å²) in [5.41, 5.74) is 0.750. The van der Waals surface area contributed by atoms with Gasteiger partial charge in [0.25, 0.3) is 5.91 Å². The number of carbonyl (C=O) groups excluding carboxylic acids is 1. The van der Waals surface area contributed by atoms with Crippen molar-refractivity contribution in [3.8, 4) is 0 Å². The summed E-state index contributed by atoms with van der Waals surface area (Å²) >= 11 is 1.20. The summed E-state index contributed by atoms with van der Waals surface area (Å²) in [5.74, 6) is 0.104. The Morgan fingerprint density at radius 2 is 2.00 bits per heavy atom. The first-order valence-corrected chi connectivity index (χ1v) is 6.50. The van der Waals surface area contributed by atoms with E-state index in [-0.39, 0.29) is 5.91 Å². The molecule has 88 valence electrons. The van der Waals surface area contributed by atoms with Crippen molar-refractivity contribution in [2.75, 3.05) is 0 Å². The zero-order valence-corrected chi connectivity index (χ0v) is 10.8. The van der Waals surface area contributed by atoms with Gasteiger partial charge in [-0.3, -0.25) is 4.79 Å². The second-order valence-corrected chi connectivity index (χ2v) is 5.28. The fourth-order valence-electron chi connectivity index (χ4n) is 2.37. The van der Waals surface area contributed by atoms with Gasteiger partial charge in [-0.15, -0.1) is 5.10 Å². The fourth-order valence-corrected chi connectivity index (χ4v) is 2.97. The number of likely N-dealkylation sites (tertiary alicyclic amines) is 1. The van der Waals surface area contributed by atoms with Crippen LogP contribution in [0.5, 0.6) is 0 Å². The highest BCUT2D eigenvalue weighted by Crippen LogP contribution is 2.25. The summed E-state index contributed by atoms with van der Waals surface area (Å²) in [5, 5.41) is 3.90. The zero-order valence-electron chi connectivity index (χ0n) is 9.93. The molecule has 1 aliphatic heterocycles. The number of aromatic nitrogens is 2. The lowest BCUT2D eigenvalue weighted by molar-refractivity contribution is 0.0515. The van der Waals surface area contributed by atoms with Crippen LogP contribution in [-0.2, 0) is 0 Å². The molecule has 0 N–H and O–H groups in total. The minimum Gasteiger partial charge on any atom is -0.332 e. The van der Waals surface area contributed by atoms with Gasteiger partial charge in [-0.1, -0.05) is 4.49 Å². The Kier molecular flexibility index (Phi) is 3.23. The Morgan fingerprint density at radius 3 is 2.50 bits per heavy atom. The molecule has 1 aromatic rings. The molecule has 1 fully saturated rings. The van der Waals surface area contributed by atoms with Crippen molar-refractivity contribution in [2.24, 2.45) is 0 Å². The van der Waals surface area contributed by atoms with Crippen molar-refractivity contribution in [1.29, 1.82) is 0 Å². The molecule has 5 heteroatoms. The maximum atomic E-state index is 12.4. The van der Waals surface area contributed by atoms with E-state index in [9.17, 15) is 4.79 Å². The standard InChI is InChI=1S/C11H17N3OS/c1-7-5-4-6-8(2)14(7)11(15)10-9(3)12-13-16-10/h7-8H,4-6H2,1-3H3/t7-,8-/m1/s1. The van der Waals surface area contributed by atoms with E-state index in [0.717, 1.165) is 18.5 Å². The highest BCUT2D eigenvalue weighted by molar-refractivity contribution is 7.07. The summed E-state index contributed by atoms with van der Waals surface area (Å²) in [6, 6.07) is 0.662. The highest BCUT2D eigenvalue weighted by Gasteiger charge is 2.31. The average molecular weight is 239 g/mol. The van der Waals surface area contributed by atoms with Gasteiger partial charge >= 0.3 is 0 Å². The van der Waals surface area contributed by atoms with Crippen molar-refractivity contribution in [3.63, 3.8) is 0 Å². The fraction of sp³-hybridized carbons (Fsp3) is 0.727. The molecule has 2 heterocycles. The van der Waals surface area contributed by atoms with Gasteiger partial charge in [0.15, 0.2) is 0 Å². The predicted molar refractivity (Wildman–Crippen MR) is 63.6 cm³/mol. The van der Waals surface area contributed by atoms with Crippen LogP contribution in [-0.4, -0.2) is 32.5 Å². The molecule has 0 bridgehead atoms. The molecule has 0 spiro atoms. The lowest BCUT2D eigenvalue weighted by atomic mass is 9.97. The number of aryl methyl sites for hydroxylation is 1.